The molecule has 1 saturated heterocycles. The second kappa shape index (κ2) is 10.0. The average Bonchev–Trinajstić information content (AvgIpc) is 2.69. The van der Waals surface area contributed by atoms with Gasteiger partial charge < -0.3 is 4.74 Å². The maximum Gasteiger partial charge on any atom is 0.282 e. The average molecular weight is 395 g/mol. The predicted molar refractivity (Wildman–Crippen MR) is 109 cm³/mol. The van der Waals surface area contributed by atoms with Crippen molar-refractivity contribution in [2.24, 2.45) is 11.8 Å². The quantitative estimate of drug-likeness (QED) is 0.676. The van der Waals surface area contributed by atoms with Gasteiger partial charge in [0, 0.05) is 33.3 Å². The maximum atomic E-state index is 13.5. The first-order chi connectivity index (χ1) is 13.1. The van der Waals surface area contributed by atoms with E-state index in [1.54, 1.807) is 15.7 Å². The Kier molecular flexibility index (Phi) is 7.70. The highest BCUT2D eigenvalue weighted by atomic mass is 32.2. The number of methoxy groups -OCH3 is 1. The highest BCUT2D eigenvalue weighted by molar-refractivity contribution is 7.86. The molecule has 3 rings (SSSR count). The molecule has 0 N–H and O–H groups in total. The minimum atomic E-state index is -3.46. The summed E-state index contributed by atoms with van der Waals surface area (Å²) >= 11 is 0. The van der Waals surface area contributed by atoms with Crippen LogP contribution in [0.1, 0.15) is 50.5 Å². The van der Waals surface area contributed by atoms with Crippen LogP contribution in [0.25, 0.3) is 0 Å². The number of rotatable bonds is 8. The van der Waals surface area contributed by atoms with Crippen LogP contribution in [0, 0.1) is 11.8 Å². The molecule has 0 bridgehead atoms. The maximum absolute atomic E-state index is 13.5. The molecule has 1 atom stereocenters. The topological polar surface area (TPSA) is 49.9 Å². The van der Waals surface area contributed by atoms with E-state index in [1.807, 2.05) is 30.3 Å². The fourth-order valence-electron chi connectivity index (χ4n) is 4.46. The highest BCUT2D eigenvalue weighted by Crippen LogP contribution is 2.28. The molecule has 0 spiro atoms. The number of hydrogen-bond donors (Lipinski definition) is 0. The minimum absolute atomic E-state index is 0.298. The van der Waals surface area contributed by atoms with Crippen LogP contribution in [0.3, 0.4) is 0 Å². The molecule has 0 radical (unpaired) electrons. The van der Waals surface area contributed by atoms with E-state index >= 15 is 0 Å². The normalized spacial score (nSPS) is 23.0. The van der Waals surface area contributed by atoms with Crippen molar-refractivity contribution in [1.29, 1.82) is 0 Å². The predicted octanol–water partition coefficient (Wildman–Crippen LogP) is 3.67. The van der Waals surface area contributed by atoms with E-state index in [4.69, 9.17) is 4.74 Å². The Morgan fingerprint density at radius 2 is 1.74 bits per heavy atom. The Bertz CT molecular complexity index is 657. The zero-order chi connectivity index (χ0) is 19.1. The molecule has 1 heterocycles. The van der Waals surface area contributed by atoms with Gasteiger partial charge in [-0.3, -0.25) is 0 Å². The second-order valence-electron chi connectivity index (χ2n) is 8.11. The third-order valence-electron chi connectivity index (χ3n) is 5.92. The summed E-state index contributed by atoms with van der Waals surface area (Å²) in [5.41, 5.74) is 1.06. The van der Waals surface area contributed by atoms with Gasteiger partial charge in [0.05, 0.1) is 6.61 Å². The molecule has 1 aliphatic heterocycles. The molecule has 1 aromatic carbocycles. The molecule has 1 unspecified atom stereocenters. The summed E-state index contributed by atoms with van der Waals surface area (Å²) in [5, 5.41) is 0. The summed E-state index contributed by atoms with van der Waals surface area (Å²) in [6, 6.07) is 9.98. The van der Waals surface area contributed by atoms with Crippen molar-refractivity contribution in [2.75, 3.05) is 33.4 Å². The van der Waals surface area contributed by atoms with Crippen LogP contribution >= 0.6 is 0 Å². The van der Waals surface area contributed by atoms with E-state index in [0.717, 1.165) is 31.2 Å². The van der Waals surface area contributed by atoms with Crippen LogP contribution in [0.2, 0.25) is 0 Å². The van der Waals surface area contributed by atoms with Crippen LogP contribution in [-0.2, 0) is 21.5 Å². The molecule has 27 heavy (non-hydrogen) atoms. The fraction of sp³-hybridized carbons (Fsp3) is 0.714. The summed E-state index contributed by atoms with van der Waals surface area (Å²) in [6.45, 7) is 2.94. The van der Waals surface area contributed by atoms with E-state index < -0.39 is 10.2 Å². The number of ether oxygens (including phenoxy) is 1. The third-order valence-corrected chi connectivity index (χ3v) is 7.84. The lowest BCUT2D eigenvalue weighted by molar-refractivity contribution is 0.115. The molecule has 2 aliphatic rings. The van der Waals surface area contributed by atoms with Crippen molar-refractivity contribution in [1.82, 2.24) is 8.61 Å². The molecule has 1 saturated carbocycles. The van der Waals surface area contributed by atoms with Crippen LogP contribution in [0.4, 0.5) is 0 Å². The lowest BCUT2D eigenvalue weighted by atomic mass is 9.89. The van der Waals surface area contributed by atoms with Crippen molar-refractivity contribution >= 4 is 10.2 Å². The molecule has 1 aliphatic carbocycles. The first-order valence-corrected chi connectivity index (χ1v) is 11.8. The Morgan fingerprint density at radius 3 is 2.44 bits per heavy atom. The van der Waals surface area contributed by atoms with Crippen molar-refractivity contribution in [3.8, 4) is 0 Å². The van der Waals surface area contributed by atoms with E-state index in [9.17, 15) is 8.42 Å². The number of nitrogens with zero attached hydrogens (tertiary/aromatic N) is 2. The molecule has 152 valence electrons. The zero-order valence-electron chi connectivity index (χ0n) is 16.6. The summed E-state index contributed by atoms with van der Waals surface area (Å²) in [4.78, 5) is 0. The molecule has 1 aromatic rings. The first kappa shape index (κ1) is 20.8. The van der Waals surface area contributed by atoms with Crippen molar-refractivity contribution < 1.29 is 13.2 Å². The van der Waals surface area contributed by atoms with Gasteiger partial charge in [-0.05, 0) is 43.1 Å². The van der Waals surface area contributed by atoms with E-state index in [-0.39, 0.29) is 0 Å². The van der Waals surface area contributed by atoms with Gasteiger partial charge in [-0.2, -0.15) is 17.0 Å². The van der Waals surface area contributed by atoms with Gasteiger partial charge in [0.15, 0.2) is 0 Å². The highest BCUT2D eigenvalue weighted by Gasteiger charge is 2.35. The Labute approximate surface area is 164 Å². The zero-order valence-corrected chi connectivity index (χ0v) is 17.4. The largest absolute Gasteiger partial charge is 0.384 e. The Balaban J connectivity index is 1.76. The molecular weight excluding hydrogens is 360 g/mol. The second-order valence-corrected chi connectivity index (χ2v) is 10.0. The van der Waals surface area contributed by atoms with Crippen LogP contribution in [0.15, 0.2) is 30.3 Å². The van der Waals surface area contributed by atoms with Crippen molar-refractivity contribution in [3.05, 3.63) is 35.9 Å². The van der Waals surface area contributed by atoms with E-state index in [2.05, 4.69) is 0 Å². The number of benzene rings is 1. The molecule has 0 amide bonds. The minimum Gasteiger partial charge on any atom is -0.384 e. The fourth-order valence-corrected chi connectivity index (χ4v) is 6.25. The van der Waals surface area contributed by atoms with E-state index in [1.165, 1.54) is 19.3 Å². The van der Waals surface area contributed by atoms with Gasteiger partial charge in [-0.15, -0.1) is 0 Å². The summed E-state index contributed by atoms with van der Waals surface area (Å²) < 4.78 is 35.8. The molecule has 5 nitrogen and oxygen atoms in total. The standard InChI is InChI=1S/C21H34N2O3S/c1-26-18-21-13-8-14-22(17-21)27(24,25)23(15-19-9-4-2-5-10-19)16-20-11-6-3-7-12-20/h2,4-5,9-10,20-21H,3,6-8,11-18H2,1H3. The van der Waals surface area contributed by atoms with Crippen molar-refractivity contribution in [3.63, 3.8) is 0 Å². The Hall–Kier alpha value is -0.950. The van der Waals surface area contributed by atoms with Gasteiger partial charge in [-0.25, -0.2) is 0 Å². The number of piperidine rings is 1. The summed E-state index contributed by atoms with van der Waals surface area (Å²) in [5.74, 6) is 0.781. The van der Waals surface area contributed by atoms with Crippen LogP contribution in [0.5, 0.6) is 0 Å². The van der Waals surface area contributed by atoms with Gasteiger partial charge in [0.2, 0.25) is 0 Å². The van der Waals surface area contributed by atoms with Crippen molar-refractivity contribution in [2.45, 2.75) is 51.5 Å². The monoisotopic (exact) mass is 394 g/mol. The number of hydrogen-bond acceptors (Lipinski definition) is 3. The summed E-state index contributed by atoms with van der Waals surface area (Å²) in [7, 11) is -1.77. The van der Waals surface area contributed by atoms with Crippen LogP contribution in [-0.4, -0.2) is 50.4 Å². The molecule has 0 aromatic heterocycles. The van der Waals surface area contributed by atoms with Gasteiger partial charge in [0.25, 0.3) is 10.2 Å². The molecular formula is C21H34N2O3S. The molecule has 2 fully saturated rings. The van der Waals surface area contributed by atoms with Gasteiger partial charge >= 0.3 is 0 Å². The molecule has 6 heteroatoms. The van der Waals surface area contributed by atoms with E-state index in [0.29, 0.717) is 44.6 Å². The smallest absolute Gasteiger partial charge is 0.282 e. The van der Waals surface area contributed by atoms with Crippen LogP contribution < -0.4 is 0 Å². The lowest BCUT2D eigenvalue weighted by Crippen LogP contribution is -2.49. The Morgan fingerprint density at radius 1 is 1.04 bits per heavy atom. The lowest BCUT2D eigenvalue weighted by Gasteiger charge is -2.37. The SMILES string of the molecule is COCC1CCCN(S(=O)(=O)N(Cc2ccccc2)CC2CCCCC2)C1. The third kappa shape index (κ3) is 5.76. The first-order valence-electron chi connectivity index (χ1n) is 10.4. The summed E-state index contributed by atoms with van der Waals surface area (Å²) in [6.07, 6.45) is 7.98. The van der Waals surface area contributed by atoms with Gasteiger partial charge in [0.1, 0.15) is 0 Å². The van der Waals surface area contributed by atoms with Gasteiger partial charge in [-0.1, -0.05) is 49.6 Å².